The fraction of sp³-hybridized carbons (Fsp3) is 0.462. The van der Waals surface area contributed by atoms with Crippen LogP contribution in [0.2, 0.25) is 0 Å². The van der Waals surface area contributed by atoms with Gasteiger partial charge in [0.15, 0.2) is 0 Å². The van der Waals surface area contributed by atoms with Crippen molar-refractivity contribution in [3.8, 4) is 5.75 Å². The Hall–Kier alpha value is -3.07. The fourth-order valence-corrected chi connectivity index (χ4v) is 4.86. The number of likely N-dealkylation sites (N-methyl/N-ethyl adjacent to an activating group) is 1. The Morgan fingerprint density at radius 2 is 1.77 bits per heavy atom. The standard InChI is InChI=1S/C26H37N3O5S/c1-6-24(26(31)27-7-2)28(19-21-10-8-11-23(18-21)34-4)25(30)12-9-17-29(35(5,32)33)22-15-13-20(3)14-16-22/h8,10-11,13-16,18,24H,6-7,9,12,17,19H2,1-5H3,(H,27,31). The van der Waals surface area contributed by atoms with Crippen LogP contribution in [0.5, 0.6) is 5.75 Å². The number of hydrogen-bond acceptors (Lipinski definition) is 5. The van der Waals surface area contributed by atoms with Gasteiger partial charge in [0.2, 0.25) is 21.8 Å². The Bertz CT molecular complexity index is 1090. The van der Waals surface area contributed by atoms with E-state index in [0.717, 1.165) is 17.4 Å². The van der Waals surface area contributed by atoms with Gasteiger partial charge in [-0.05, 0) is 56.5 Å². The van der Waals surface area contributed by atoms with Crippen LogP contribution in [0.25, 0.3) is 0 Å². The second-order valence-corrected chi connectivity index (χ2v) is 10.4. The summed E-state index contributed by atoms with van der Waals surface area (Å²) in [5, 5.41) is 2.82. The average Bonchev–Trinajstić information content (AvgIpc) is 2.82. The van der Waals surface area contributed by atoms with E-state index < -0.39 is 16.1 Å². The first-order chi connectivity index (χ1) is 16.6. The van der Waals surface area contributed by atoms with E-state index in [1.807, 2.05) is 57.2 Å². The molecule has 35 heavy (non-hydrogen) atoms. The van der Waals surface area contributed by atoms with Crippen LogP contribution in [0, 0.1) is 6.92 Å². The van der Waals surface area contributed by atoms with Crippen molar-refractivity contribution in [3.05, 3.63) is 59.7 Å². The van der Waals surface area contributed by atoms with Crippen LogP contribution in [0.15, 0.2) is 48.5 Å². The molecule has 0 radical (unpaired) electrons. The van der Waals surface area contributed by atoms with Crippen LogP contribution in [-0.2, 0) is 26.2 Å². The number of anilines is 1. The number of nitrogens with one attached hydrogen (secondary N) is 1. The Morgan fingerprint density at radius 1 is 1.09 bits per heavy atom. The molecular formula is C26H37N3O5S. The van der Waals surface area contributed by atoms with Crippen molar-refractivity contribution in [3.63, 3.8) is 0 Å². The number of amides is 2. The predicted molar refractivity (Wildman–Crippen MR) is 139 cm³/mol. The lowest BCUT2D eigenvalue weighted by Gasteiger charge is -2.31. The van der Waals surface area contributed by atoms with Gasteiger partial charge in [-0.15, -0.1) is 0 Å². The summed E-state index contributed by atoms with van der Waals surface area (Å²) in [7, 11) is -1.94. The SMILES string of the molecule is CCNC(=O)C(CC)N(Cc1cccc(OC)c1)C(=O)CCCN(c1ccc(C)cc1)S(C)(=O)=O. The van der Waals surface area contributed by atoms with Crippen molar-refractivity contribution < 1.29 is 22.7 Å². The number of carbonyl (C=O) groups excluding carboxylic acids is 2. The van der Waals surface area contributed by atoms with Crippen molar-refractivity contribution in [1.29, 1.82) is 0 Å². The van der Waals surface area contributed by atoms with Crippen LogP contribution in [0.4, 0.5) is 5.69 Å². The summed E-state index contributed by atoms with van der Waals surface area (Å²) in [6, 6.07) is 14.0. The Morgan fingerprint density at radius 3 is 2.34 bits per heavy atom. The van der Waals surface area contributed by atoms with E-state index in [4.69, 9.17) is 4.74 Å². The molecule has 0 aliphatic heterocycles. The number of aryl methyl sites for hydroxylation is 1. The molecule has 0 saturated heterocycles. The van der Waals surface area contributed by atoms with E-state index >= 15 is 0 Å². The van der Waals surface area contributed by atoms with Gasteiger partial charge in [0.1, 0.15) is 11.8 Å². The second kappa shape index (κ2) is 13.1. The van der Waals surface area contributed by atoms with Gasteiger partial charge >= 0.3 is 0 Å². The third-order valence-electron chi connectivity index (χ3n) is 5.70. The topological polar surface area (TPSA) is 96.0 Å². The minimum Gasteiger partial charge on any atom is -0.497 e. The quantitative estimate of drug-likeness (QED) is 0.451. The van der Waals surface area contributed by atoms with Gasteiger partial charge in [-0.25, -0.2) is 8.42 Å². The minimum absolute atomic E-state index is 0.109. The maximum Gasteiger partial charge on any atom is 0.242 e. The van der Waals surface area contributed by atoms with Gasteiger partial charge in [0, 0.05) is 26.1 Å². The molecule has 2 aromatic carbocycles. The van der Waals surface area contributed by atoms with Crippen molar-refractivity contribution >= 4 is 27.5 Å². The summed E-state index contributed by atoms with van der Waals surface area (Å²) in [5.41, 5.74) is 2.44. The average molecular weight is 504 g/mol. The highest BCUT2D eigenvalue weighted by Gasteiger charge is 2.28. The smallest absolute Gasteiger partial charge is 0.242 e. The first-order valence-electron chi connectivity index (χ1n) is 11.8. The zero-order chi connectivity index (χ0) is 26.0. The Balaban J connectivity index is 2.21. The summed E-state index contributed by atoms with van der Waals surface area (Å²) in [6.45, 7) is 6.52. The monoisotopic (exact) mass is 503 g/mol. The largest absolute Gasteiger partial charge is 0.497 e. The van der Waals surface area contributed by atoms with Crippen molar-refractivity contribution in [2.75, 3.05) is 30.8 Å². The molecule has 8 nitrogen and oxygen atoms in total. The van der Waals surface area contributed by atoms with E-state index in [-0.39, 0.29) is 31.3 Å². The molecule has 1 unspecified atom stereocenters. The molecule has 2 amide bonds. The van der Waals surface area contributed by atoms with Gasteiger partial charge in [-0.2, -0.15) is 0 Å². The van der Waals surface area contributed by atoms with E-state index in [9.17, 15) is 18.0 Å². The molecule has 0 aliphatic carbocycles. The molecule has 0 bridgehead atoms. The van der Waals surface area contributed by atoms with Crippen LogP contribution in [0.1, 0.15) is 44.2 Å². The van der Waals surface area contributed by atoms with Crippen molar-refractivity contribution in [2.45, 2.75) is 52.6 Å². The molecular weight excluding hydrogens is 466 g/mol. The zero-order valence-electron chi connectivity index (χ0n) is 21.3. The minimum atomic E-state index is -3.52. The van der Waals surface area contributed by atoms with E-state index in [1.54, 1.807) is 24.1 Å². The molecule has 0 heterocycles. The second-order valence-electron chi connectivity index (χ2n) is 8.47. The van der Waals surface area contributed by atoms with Crippen molar-refractivity contribution in [2.24, 2.45) is 0 Å². The maximum atomic E-state index is 13.4. The van der Waals surface area contributed by atoms with Crippen LogP contribution in [-0.4, -0.2) is 57.6 Å². The molecule has 0 spiro atoms. The lowest BCUT2D eigenvalue weighted by Crippen LogP contribution is -2.49. The van der Waals surface area contributed by atoms with Gasteiger partial charge in [-0.1, -0.05) is 36.8 Å². The van der Waals surface area contributed by atoms with Gasteiger partial charge in [0.25, 0.3) is 0 Å². The predicted octanol–water partition coefficient (Wildman–Crippen LogP) is 3.49. The summed E-state index contributed by atoms with van der Waals surface area (Å²) >= 11 is 0. The molecule has 0 aromatic heterocycles. The lowest BCUT2D eigenvalue weighted by molar-refractivity contribution is -0.141. The van der Waals surface area contributed by atoms with Crippen molar-refractivity contribution in [1.82, 2.24) is 10.2 Å². The first kappa shape index (κ1) is 28.2. The number of benzene rings is 2. The third-order valence-corrected chi connectivity index (χ3v) is 6.89. The van der Waals surface area contributed by atoms with Gasteiger partial charge in [0.05, 0.1) is 19.1 Å². The van der Waals surface area contributed by atoms with Gasteiger partial charge < -0.3 is 15.0 Å². The molecule has 0 fully saturated rings. The number of ether oxygens (including phenoxy) is 1. The molecule has 2 rings (SSSR count). The summed E-state index contributed by atoms with van der Waals surface area (Å²) in [5.74, 6) is 0.259. The molecule has 192 valence electrons. The molecule has 0 saturated carbocycles. The number of rotatable bonds is 13. The highest BCUT2D eigenvalue weighted by atomic mass is 32.2. The molecule has 0 aliphatic rings. The van der Waals surface area contributed by atoms with Crippen LogP contribution in [0.3, 0.4) is 0 Å². The highest BCUT2D eigenvalue weighted by molar-refractivity contribution is 7.92. The van der Waals surface area contributed by atoms with E-state index in [2.05, 4.69) is 5.32 Å². The summed E-state index contributed by atoms with van der Waals surface area (Å²) in [4.78, 5) is 27.7. The third kappa shape index (κ3) is 8.28. The van der Waals surface area contributed by atoms with E-state index in [0.29, 0.717) is 30.8 Å². The number of methoxy groups -OCH3 is 1. The van der Waals surface area contributed by atoms with Crippen LogP contribution < -0.4 is 14.4 Å². The van der Waals surface area contributed by atoms with Crippen LogP contribution >= 0.6 is 0 Å². The first-order valence-corrected chi connectivity index (χ1v) is 13.7. The van der Waals surface area contributed by atoms with E-state index in [1.165, 1.54) is 4.31 Å². The highest BCUT2D eigenvalue weighted by Crippen LogP contribution is 2.21. The molecule has 1 N–H and O–H groups in total. The number of nitrogens with zero attached hydrogens (tertiary/aromatic N) is 2. The Labute approximate surface area is 209 Å². The number of hydrogen-bond donors (Lipinski definition) is 1. The number of sulfonamides is 1. The zero-order valence-corrected chi connectivity index (χ0v) is 22.1. The van der Waals surface area contributed by atoms with Gasteiger partial charge in [-0.3, -0.25) is 13.9 Å². The summed E-state index contributed by atoms with van der Waals surface area (Å²) in [6.07, 6.45) is 2.05. The molecule has 1 atom stereocenters. The normalized spacial score (nSPS) is 12.0. The summed E-state index contributed by atoms with van der Waals surface area (Å²) < 4.78 is 31.4. The maximum absolute atomic E-state index is 13.4. The lowest BCUT2D eigenvalue weighted by atomic mass is 10.1. The molecule has 9 heteroatoms. The Kier molecular flexibility index (Phi) is 10.6. The molecule has 2 aromatic rings. The fourth-order valence-electron chi connectivity index (χ4n) is 3.89. The number of carbonyl (C=O) groups is 2.